The molecule has 8 nitrogen and oxygen atoms in total. The van der Waals surface area contributed by atoms with Gasteiger partial charge in [-0.25, -0.2) is 14.3 Å². The van der Waals surface area contributed by atoms with Crippen LogP contribution in [-0.4, -0.2) is 39.6 Å². The van der Waals surface area contributed by atoms with Gasteiger partial charge in [-0.1, -0.05) is 46.3 Å². The number of carboxylic acids is 1. The molecule has 1 amide bonds. The average molecular weight is 502 g/mol. The number of benzene rings is 2. The van der Waals surface area contributed by atoms with Crippen molar-refractivity contribution in [3.8, 4) is 0 Å². The molecule has 0 spiro atoms. The first-order chi connectivity index (χ1) is 15.5. The minimum atomic E-state index is -1.18. The molecule has 2 atom stereocenters. The molecule has 2 aromatic carbocycles. The topological polar surface area (TPSA) is 103 Å². The highest BCUT2D eigenvalue weighted by Crippen LogP contribution is 2.30. The fourth-order valence-corrected chi connectivity index (χ4v) is 4.11. The summed E-state index contributed by atoms with van der Waals surface area (Å²) in [5.74, 6) is -1.16. The quantitative estimate of drug-likeness (QED) is 0.496. The molecule has 3 aromatic rings. The maximum absolute atomic E-state index is 12.2. The number of nitrogens with zero attached hydrogens (tertiary/aromatic N) is 2. The van der Waals surface area contributed by atoms with Crippen LogP contribution in [0, 0.1) is 0 Å². The fourth-order valence-electron chi connectivity index (χ4n) is 3.76. The summed E-state index contributed by atoms with van der Waals surface area (Å²) in [6, 6.07) is 13.7. The minimum absolute atomic E-state index is 0.0215. The van der Waals surface area contributed by atoms with Crippen LogP contribution in [0.25, 0.3) is 10.9 Å². The van der Waals surface area contributed by atoms with Crippen LogP contribution in [0.5, 0.6) is 0 Å². The number of hydrogen-bond acceptors (Lipinski definition) is 5. The normalized spacial score (nSPS) is 17.1. The second-order valence-electron chi connectivity index (χ2n) is 7.67. The van der Waals surface area contributed by atoms with Gasteiger partial charge in [-0.15, -0.1) is 0 Å². The molecule has 4 rings (SSSR count). The largest absolute Gasteiger partial charge is 0.480 e. The van der Waals surface area contributed by atoms with Gasteiger partial charge in [0, 0.05) is 22.9 Å². The van der Waals surface area contributed by atoms with Crippen molar-refractivity contribution >= 4 is 38.9 Å². The molecule has 1 aliphatic rings. The van der Waals surface area contributed by atoms with E-state index < -0.39 is 18.1 Å². The maximum atomic E-state index is 12.2. The molecule has 1 aromatic heterocycles. The van der Waals surface area contributed by atoms with Crippen molar-refractivity contribution in [3.05, 3.63) is 64.3 Å². The zero-order chi connectivity index (χ0) is 22.5. The van der Waals surface area contributed by atoms with Crippen LogP contribution in [0.1, 0.15) is 36.7 Å². The number of carbonyl (C=O) groups excluding carboxylic acids is 1. The Bertz CT molecular complexity index is 1100. The lowest BCUT2D eigenvalue weighted by Crippen LogP contribution is -2.42. The number of carboxylic acid groups (broad SMARTS) is 1. The third-order valence-corrected chi connectivity index (χ3v) is 5.87. The molecule has 0 bridgehead atoms. The molecule has 2 N–H and O–H groups in total. The van der Waals surface area contributed by atoms with Gasteiger partial charge in [0.05, 0.1) is 11.2 Å². The third kappa shape index (κ3) is 5.28. The SMILES string of the molecule is O=C(N[C@@H](Cc1nn(C2CCCCO2)c2cc(Br)ccc12)C(=O)O)OCc1ccccc1. The summed E-state index contributed by atoms with van der Waals surface area (Å²) in [6.45, 7) is 0.728. The number of hydrogen-bond donors (Lipinski definition) is 2. The predicted molar refractivity (Wildman–Crippen MR) is 121 cm³/mol. The maximum Gasteiger partial charge on any atom is 0.408 e. The number of amides is 1. The number of aliphatic carboxylic acids is 1. The Morgan fingerprint density at radius 2 is 2.06 bits per heavy atom. The molecule has 0 aliphatic carbocycles. The molecule has 1 saturated heterocycles. The number of aromatic nitrogens is 2. The van der Waals surface area contributed by atoms with E-state index in [1.807, 2.05) is 53.2 Å². The molecule has 168 valence electrons. The average Bonchev–Trinajstić information content (AvgIpc) is 3.16. The van der Waals surface area contributed by atoms with Gasteiger partial charge >= 0.3 is 12.1 Å². The van der Waals surface area contributed by atoms with Crippen LogP contribution in [0.2, 0.25) is 0 Å². The summed E-state index contributed by atoms with van der Waals surface area (Å²) < 4.78 is 13.8. The standard InChI is InChI=1S/C23H24BrN3O5/c24-16-9-10-17-18(26-27(20(17)12-16)21-8-4-5-11-31-21)13-19(22(28)29)25-23(30)32-14-15-6-2-1-3-7-15/h1-3,6-7,9-10,12,19,21H,4-5,8,11,13-14H2,(H,25,30)(H,28,29)/t19-,21?/m0/s1. The molecule has 1 fully saturated rings. The summed E-state index contributed by atoms with van der Waals surface area (Å²) in [5.41, 5.74) is 2.26. The Kier molecular flexibility index (Phi) is 7.06. The van der Waals surface area contributed by atoms with E-state index in [4.69, 9.17) is 14.6 Å². The zero-order valence-electron chi connectivity index (χ0n) is 17.4. The number of rotatable bonds is 7. The van der Waals surface area contributed by atoms with E-state index in [0.29, 0.717) is 12.3 Å². The second kappa shape index (κ2) is 10.1. The Morgan fingerprint density at radius 1 is 1.25 bits per heavy atom. The number of nitrogens with one attached hydrogen (secondary N) is 1. The van der Waals surface area contributed by atoms with Crippen LogP contribution in [0.4, 0.5) is 4.79 Å². The second-order valence-corrected chi connectivity index (χ2v) is 8.59. The first-order valence-electron chi connectivity index (χ1n) is 10.5. The van der Waals surface area contributed by atoms with Crippen molar-refractivity contribution in [2.75, 3.05) is 6.61 Å². The van der Waals surface area contributed by atoms with Crippen molar-refractivity contribution in [2.24, 2.45) is 0 Å². The molecule has 32 heavy (non-hydrogen) atoms. The highest BCUT2D eigenvalue weighted by atomic mass is 79.9. The molecule has 1 unspecified atom stereocenters. The number of fused-ring (bicyclic) bond motifs is 1. The first-order valence-corrected chi connectivity index (χ1v) is 11.3. The van der Waals surface area contributed by atoms with E-state index in [2.05, 4.69) is 21.2 Å². The van der Waals surface area contributed by atoms with Crippen LogP contribution in [0.15, 0.2) is 53.0 Å². The summed E-state index contributed by atoms with van der Waals surface area (Å²) in [5, 5.41) is 17.7. The highest BCUT2D eigenvalue weighted by Gasteiger charge is 2.26. The monoisotopic (exact) mass is 501 g/mol. The smallest absolute Gasteiger partial charge is 0.408 e. The molecule has 1 aliphatic heterocycles. The summed E-state index contributed by atoms with van der Waals surface area (Å²) in [6.07, 6.45) is 1.94. The lowest BCUT2D eigenvalue weighted by Gasteiger charge is -2.23. The number of ether oxygens (including phenoxy) is 2. The lowest BCUT2D eigenvalue weighted by atomic mass is 10.1. The van der Waals surface area contributed by atoms with E-state index in [9.17, 15) is 14.7 Å². The summed E-state index contributed by atoms with van der Waals surface area (Å²) in [7, 11) is 0. The van der Waals surface area contributed by atoms with Crippen LogP contribution < -0.4 is 5.32 Å². The summed E-state index contributed by atoms with van der Waals surface area (Å²) >= 11 is 3.49. The van der Waals surface area contributed by atoms with Crippen molar-refractivity contribution in [1.29, 1.82) is 0 Å². The van der Waals surface area contributed by atoms with E-state index >= 15 is 0 Å². The van der Waals surface area contributed by atoms with E-state index in [0.717, 1.165) is 40.2 Å². The van der Waals surface area contributed by atoms with Gasteiger partial charge in [0.2, 0.25) is 0 Å². The van der Waals surface area contributed by atoms with Crippen LogP contribution in [-0.2, 0) is 27.3 Å². The van der Waals surface area contributed by atoms with Gasteiger partial charge in [0.1, 0.15) is 12.6 Å². The predicted octanol–water partition coefficient (Wildman–Crippen LogP) is 4.42. The molecular weight excluding hydrogens is 478 g/mol. The van der Waals surface area contributed by atoms with Crippen molar-refractivity contribution in [3.63, 3.8) is 0 Å². The van der Waals surface area contributed by atoms with E-state index in [1.165, 1.54) is 0 Å². The van der Waals surface area contributed by atoms with Crippen LogP contribution in [0.3, 0.4) is 0 Å². The Balaban J connectivity index is 1.51. The lowest BCUT2D eigenvalue weighted by molar-refractivity contribution is -0.139. The number of carbonyl (C=O) groups is 2. The van der Waals surface area contributed by atoms with E-state index in [1.54, 1.807) is 0 Å². The van der Waals surface area contributed by atoms with Crippen molar-refractivity contribution < 1.29 is 24.2 Å². The highest BCUT2D eigenvalue weighted by molar-refractivity contribution is 9.10. The Morgan fingerprint density at radius 3 is 2.78 bits per heavy atom. The van der Waals surface area contributed by atoms with Gasteiger partial charge < -0.3 is 19.9 Å². The molecule has 2 heterocycles. The van der Waals surface area contributed by atoms with Gasteiger partial charge in [0.25, 0.3) is 0 Å². The van der Waals surface area contributed by atoms with Crippen molar-refractivity contribution in [1.82, 2.24) is 15.1 Å². The van der Waals surface area contributed by atoms with Gasteiger partial charge in [-0.05, 0) is 43.0 Å². The zero-order valence-corrected chi connectivity index (χ0v) is 19.0. The van der Waals surface area contributed by atoms with E-state index in [-0.39, 0.29) is 19.3 Å². The first kappa shape index (κ1) is 22.3. The van der Waals surface area contributed by atoms with Crippen molar-refractivity contribution in [2.45, 2.75) is 44.6 Å². The number of halogens is 1. The Hall–Kier alpha value is -2.91. The van der Waals surface area contributed by atoms with Gasteiger partial charge in [-0.2, -0.15) is 5.10 Å². The summed E-state index contributed by atoms with van der Waals surface area (Å²) in [4.78, 5) is 24.1. The van der Waals surface area contributed by atoms with Crippen LogP contribution >= 0.6 is 15.9 Å². The third-order valence-electron chi connectivity index (χ3n) is 5.37. The minimum Gasteiger partial charge on any atom is -0.480 e. The molecular formula is C23H24BrN3O5. The number of alkyl carbamates (subject to hydrolysis) is 1. The van der Waals surface area contributed by atoms with Gasteiger partial charge in [0.15, 0.2) is 6.23 Å². The Labute approximate surface area is 193 Å². The molecule has 0 saturated carbocycles. The fraction of sp³-hybridized carbons (Fsp3) is 0.348. The van der Waals surface area contributed by atoms with Gasteiger partial charge in [-0.3, -0.25) is 0 Å². The molecule has 9 heteroatoms. The molecule has 0 radical (unpaired) electrons.